The molecule has 2 saturated heterocycles. The number of piperidine rings is 1. The van der Waals surface area contributed by atoms with Crippen LogP contribution in [0.5, 0.6) is 0 Å². The normalized spacial score (nSPS) is 23.4. The van der Waals surface area contributed by atoms with Gasteiger partial charge in [-0.05, 0) is 26.7 Å². The van der Waals surface area contributed by atoms with Gasteiger partial charge in [0.2, 0.25) is 0 Å². The first-order chi connectivity index (χ1) is 8.66. The van der Waals surface area contributed by atoms with E-state index in [1.807, 2.05) is 4.90 Å². The molecule has 2 fully saturated rings. The molecular weight excluding hydrogens is 230 g/mol. The van der Waals surface area contributed by atoms with Gasteiger partial charge < -0.3 is 19.9 Å². The van der Waals surface area contributed by atoms with E-state index in [9.17, 15) is 4.79 Å². The molecule has 5 heteroatoms. The third-order valence-corrected chi connectivity index (χ3v) is 3.89. The SMILES string of the molecule is CC(C)N1CCC(NC(=O)N2CCOCC2)CC1. The third-order valence-electron chi connectivity index (χ3n) is 3.89. The number of nitrogens with zero attached hydrogens (tertiary/aromatic N) is 2. The fourth-order valence-electron chi connectivity index (χ4n) is 2.59. The quantitative estimate of drug-likeness (QED) is 0.797. The van der Waals surface area contributed by atoms with Crippen molar-refractivity contribution in [3.05, 3.63) is 0 Å². The summed E-state index contributed by atoms with van der Waals surface area (Å²) in [6, 6.07) is 1.04. The number of urea groups is 1. The Morgan fingerprint density at radius 3 is 2.33 bits per heavy atom. The number of hydrogen-bond acceptors (Lipinski definition) is 3. The molecule has 0 aromatic rings. The van der Waals surface area contributed by atoms with Gasteiger partial charge in [-0.1, -0.05) is 0 Å². The molecular formula is C13H25N3O2. The first-order valence-corrected chi connectivity index (χ1v) is 7.04. The minimum atomic E-state index is 0.0845. The highest BCUT2D eigenvalue weighted by Gasteiger charge is 2.24. The van der Waals surface area contributed by atoms with Gasteiger partial charge in [0.05, 0.1) is 13.2 Å². The Hall–Kier alpha value is -0.810. The molecule has 0 aromatic carbocycles. The maximum Gasteiger partial charge on any atom is 0.317 e. The predicted molar refractivity (Wildman–Crippen MR) is 70.7 cm³/mol. The molecule has 2 amide bonds. The summed E-state index contributed by atoms with van der Waals surface area (Å²) in [4.78, 5) is 16.4. The van der Waals surface area contributed by atoms with Gasteiger partial charge in [0, 0.05) is 38.3 Å². The largest absolute Gasteiger partial charge is 0.378 e. The predicted octanol–water partition coefficient (Wildman–Crippen LogP) is 0.901. The number of nitrogens with one attached hydrogen (secondary N) is 1. The average molecular weight is 255 g/mol. The lowest BCUT2D eigenvalue weighted by Gasteiger charge is -2.36. The van der Waals surface area contributed by atoms with Crippen molar-refractivity contribution in [2.45, 2.75) is 38.8 Å². The molecule has 5 nitrogen and oxygen atoms in total. The van der Waals surface area contributed by atoms with Crippen LogP contribution in [-0.4, -0.2) is 67.3 Å². The molecule has 1 N–H and O–H groups in total. The molecule has 0 bridgehead atoms. The number of ether oxygens (including phenoxy) is 1. The Kier molecular flexibility index (Phi) is 4.83. The number of morpholine rings is 1. The second kappa shape index (κ2) is 6.38. The molecule has 0 spiro atoms. The lowest BCUT2D eigenvalue weighted by Crippen LogP contribution is -2.52. The van der Waals surface area contributed by atoms with E-state index in [-0.39, 0.29) is 6.03 Å². The number of rotatable bonds is 2. The number of carbonyl (C=O) groups excluding carboxylic acids is 1. The summed E-state index contributed by atoms with van der Waals surface area (Å²) >= 11 is 0. The van der Waals surface area contributed by atoms with E-state index in [4.69, 9.17) is 4.74 Å². The first kappa shape index (κ1) is 13.6. The summed E-state index contributed by atoms with van der Waals surface area (Å²) in [6.07, 6.45) is 2.13. The Balaban J connectivity index is 1.72. The van der Waals surface area contributed by atoms with E-state index in [0.717, 1.165) is 39.0 Å². The van der Waals surface area contributed by atoms with Crippen LogP contribution in [0.15, 0.2) is 0 Å². The Morgan fingerprint density at radius 1 is 1.17 bits per heavy atom. The van der Waals surface area contributed by atoms with Crippen molar-refractivity contribution in [3.8, 4) is 0 Å². The maximum absolute atomic E-state index is 12.0. The molecule has 0 saturated carbocycles. The second-order valence-corrected chi connectivity index (χ2v) is 5.45. The summed E-state index contributed by atoms with van der Waals surface area (Å²) in [6.45, 7) is 9.41. The Labute approximate surface area is 109 Å². The molecule has 0 aliphatic carbocycles. The minimum absolute atomic E-state index is 0.0845. The van der Waals surface area contributed by atoms with Crippen LogP contribution in [0, 0.1) is 0 Å². The van der Waals surface area contributed by atoms with Gasteiger partial charge in [-0.15, -0.1) is 0 Å². The monoisotopic (exact) mass is 255 g/mol. The molecule has 0 atom stereocenters. The van der Waals surface area contributed by atoms with E-state index in [1.54, 1.807) is 0 Å². The molecule has 104 valence electrons. The van der Waals surface area contributed by atoms with E-state index in [2.05, 4.69) is 24.1 Å². The van der Waals surface area contributed by atoms with Crippen LogP contribution >= 0.6 is 0 Å². The summed E-state index contributed by atoms with van der Waals surface area (Å²) < 4.78 is 5.25. The van der Waals surface area contributed by atoms with Gasteiger partial charge in [0.1, 0.15) is 0 Å². The molecule has 2 rings (SSSR count). The standard InChI is InChI=1S/C13H25N3O2/c1-11(2)15-5-3-12(4-6-15)14-13(17)16-7-9-18-10-8-16/h11-12H,3-10H2,1-2H3,(H,14,17). The third kappa shape index (κ3) is 3.59. The second-order valence-electron chi connectivity index (χ2n) is 5.45. The Bertz CT molecular complexity index is 269. The summed E-state index contributed by atoms with van der Waals surface area (Å²) in [7, 11) is 0. The van der Waals surface area contributed by atoms with Gasteiger partial charge in [0.25, 0.3) is 0 Å². The lowest BCUT2D eigenvalue weighted by molar-refractivity contribution is 0.0514. The van der Waals surface area contributed by atoms with Crippen molar-refractivity contribution >= 4 is 6.03 Å². The van der Waals surface area contributed by atoms with Crippen LogP contribution in [-0.2, 0) is 4.74 Å². The van der Waals surface area contributed by atoms with Gasteiger partial charge >= 0.3 is 6.03 Å². The zero-order valence-electron chi connectivity index (χ0n) is 11.5. The van der Waals surface area contributed by atoms with E-state index in [0.29, 0.717) is 25.3 Å². The molecule has 0 aromatic heterocycles. The van der Waals surface area contributed by atoms with E-state index >= 15 is 0 Å². The van der Waals surface area contributed by atoms with Crippen LogP contribution < -0.4 is 5.32 Å². The maximum atomic E-state index is 12.0. The smallest absolute Gasteiger partial charge is 0.317 e. The van der Waals surface area contributed by atoms with Gasteiger partial charge in [-0.2, -0.15) is 0 Å². The number of likely N-dealkylation sites (tertiary alicyclic amines) is 1. The van der Waals surface area contributed by atoms with Gasteiger partial charge in [-0.25, -0.2) is 4.79 Å². The van der Waals surface area contributed by atoms with Crippen molar-refractivity contribution in [2.75, 3.05) is 39.4 Å². The minimum Gasteiger partial charge on any atom is -0.378 e. The van der Waals surface area contributed by atoms with Crippen molar-refractivity contribution in [1.29, 1.82) is 0 Å². The van der Waals surface area contributed by atoms with E-state index in [1.165, 1.54) is 0 Å². The topological polar surface area (TPSA) is 44.8 Å². The summed E-state index contributed by atoms with van der Waals surface area (Å²) in [5.74, 6) is 0. The highest BCUT2D eigenvalue weighted by atomic mass is 16.5. The highest BCUT2D eigenvalue weighted by molar-refractivity contribution is 5.74. The average Bonchev–Trinajstić information content (AvgIpc) is 2.40. The molecule has 18 heavy (non-hydrogen) atoms. The van der Waals surface area contributed by atoms with Gasteiger partial charge in [0.15, 0.2) is 0 Å². The highest BCUT2D eigenvalue weighted by Crippen LogP contribution is 2.13. The van der Waals surface area contributed by atoms with Crippen LogP contribution in [0.3, 0.4) is 0 Å². The van der Waals surface area contributed by atoms with Crippen LogP contribution in [0.4, 0.5) is 4.79 Å². The Morgan fingerprint density at radius 2 is 1.78 bits per heavy atom. The lowest BCUT2D eigenvalue weighted by atomic mass is 10.0. The van der Waals surface area contributed by atoms with Gasteiger partial charge in [-0.3, -0.25) is 0 Å². The fraction of sp³-hybridized carbons (Fsp3) is 0.923. The molecule has 2 heterocycles. The fourth-order valence-corrected chi connectivity index (χ4v) is 2.59. The van der Waals surface area contributed by atoms with Crippen molar-refractivity contribution in [3.63, 3.8) is 0 Å². The van der Waals surface area contributed by atoms with Crippen LogP contribution in [0.1, 0.15) is 26.7 Å². The van der Waals surface area contributed by atoms with Crippen LogP contribution in [0.2, 0.25) is 0 Å². The van der Waals surface area contributed by atoms with Crippen molar-refractivity contribution in [1.82, 2.24) is 15.1 Å². The van der Waals surface area contributed by atoms with Crippen LogP contribution in [0.25, 0.3) is 0 Å². The molecule has 0 radical (unpaired) electrons. The zero-order chi connectivity index (χ0) is 13.0. The zero-order valence-corrected chi connectivity index (χ0v) is 11.5. The number of amides is 2. The summed E-state index contributed by atoms with van der Waals surface area (Å²) in [5.41, 5.74) is 0. The first-order valence-electron chi connectivity index (χ1n) is 7.04. The van der Waals surface area contributed by atoms with E-state index < -0.39 is 0 Å². The number of carbonyl (C=O) groups is 1. The summed E-state index contributed by atoms with van der Waals surface area (Å²) in [5, 5.41) is 3.15. The van der Waals surface area contributed by atoms with Crippen molar-refractivity contribution < 1.29 is 9.53 Å². The molecule has 0 unspecified atom stereocenters. The number of hydrogen-bond donors (Lipinski definition) is 1. The molecule has 2 aliphatic rings. The van der Waals surface area contributed by atoms with Crippen molar-refractivity contribution in [2.24, 2.45) is 0 Å². The molecule has 2 aliphatic heterocycles.